The molecule has 1 aliphatic heterocycles. The van der Waals surface area contributed by atoms with Crippen LogP contribution in [0.15, 0.2) is 18.5 Å². The zero-order chi connectivity index (χ0) is 11.4. The zero-order valence-electron chi connectivity index (χ0n) is 9.57. The molecule has 0 saturated carbocycles. The van der Waals surface area contributed by atoms with Crippen molar-refractivity contribution in [2.24, 2.45) is 0 Å². The molecule has 0 atom stereocenters. The summed E-state index contributed by atoms with van der Waals surface area (Å²) in [7, 11) is 0. The average molecular weight is 219 g/mol. The minimum atomic E-state index is 0.165. The number of ketones is 1. The lowest BCUT2D eigenvalue weighted by atomic mass is 10.1. The predicted octanol–water partition coefficient (Wildman–Crippen LogP) is 0.478. The summed E-state index contributed by atoms with van der Waals surface area (Å²) >= 11 is 0. The van der Waals surface area contributed by atoms with Crippen LogP contribution < -0.4 is 5.32 Å². The Labute approximate surface area is 95.7 Å². The third-order valence-electron chi connectivity index (χ3n) is 2.77. The standard InChI is InChI=1S/C12H17N3O/c1-10-6-11(8-14-7-10)12(16)9-15-4-2-13-3-5-15/h6-8,13H,2-5,9H2,1H3. The maximum Gasteiger partial charge on any atom is 0.178 e. The number of nitrogens with zero attached hydrogens (tertiary/aromatic N) is 2. The van der Waals surface area contributed by atoms with Crippen LogP contribution in [0.25, 0.3) is 0 Å². The van der Waals surface area contributed by atoms with Crippen LogP contribution in [0.4, 0.5) is 0 Å². The molecule has 2 rings (SSSR count). The van der Waals surface area contributed by atoms with Crippen molar-refractivity contribution in [2.45, 2.75) is 6.92 Å². The summed E-state index contributed by atoms with van der Waals surface area (Å²) in [5, 5.41) is 3.27. The smallest absolute Gasteiger partial charge is 0.178 e. The number of piperazine rings is 1. The topological polar surface area (TPSA) is 45.2 Å². The highest BCUT2D eigenvalue weighted by Gasteiger charge is 2.14. The number of aryl methyl sites for hydroxylation is 1. The van der Waals surface area contributed by atoms with E-state index in [1.54, 1.807) is 12.4 Å². The third-order valence-corrected chi connectivity index (χ3v) is 2.77. The van der Waals surface area contributed by atoms with Crippen molar-refractivity contribution in [3.63, 3.8) is 0 Å². The van der Waals surface area contributed by atoms with E-state index in [0.29, 0.717) is 6.54 Å². The molecule has 1 N–H and O–H groups in total. The van der Waals surface area contributed by atoms with Gasteiger partial charge in [0.15, 0.2) is 5.78 Å². The van der Waals surface area contributed by atoms with Crippen LogP contribution in [0.1, 0.15) is 15.9 Å². The van der Waals surface area contributed by atoms with E-state index in [4.69, 9.17) is 0 Å². The van der Waals surface area contributed by atoms with Crippen LogP contribution in [0, 0.1) is 6.92 Å². The Kier molecular flexibility index (Phi) is 3.64. The number of carbonyl (C=O) groups excluding carboxylic acids is 1. The largest absolute Gasteiger partial charge is 0.314 e. The number of nitrogens with one attached hydrogen (secondary N) is 1. The van der Waals surface area contributed by atoms with E-state index in [9.17, 15) is 4.79 Å². The molecule has 0 unspecified atom stereocenters. The molecule has 0 amide bonds. The van der Waals surface area contributed by atoms with Gasteiger partial charge in [0.25, 0.3) is 0 Å². The van der Waals surface area contributed by atoms with Crippen molar-refractivity contribution in [3.05, 3.63) is 29.6 Å². The second kappa shape index (κ2) is 5.18. The normalized spacial score (nSPS) is 17.3. The highest BCUT2D eigenvalue weighted by atomic mass is 16.1. The van der Waals surface area contributed by atoms with Crippen LogP contribution in [0.5, 0.6) is 0 Å². The summed E-state index contributed by atoms with van der Waals surface area (Å²) in [4.78, 5) is 18.2. The van der Waals surface area contributed by atoms with Crippen LogP contribution in [0.2, 0.25) is 0 Å². The first kappa shape index (κ1) is 11.2. The van der Waals surface area contributed by atoms with Gasteiger partial charge in [-0.3, -0.25) is 14.7 Å². The quantitative estimate of drug-likeness (QED) is 0.751. The highest BCUT2D eigenvalue weighted by Crippen LogP contribution is 2.04. The monoisotopic (exact) mass is 219 g/mol. The van der Waals surface area contributed by atoms with Gasteiger partial charge in [-0.15, -0.1) is 0 Å². The maximum absolute atomic E-state index is 12.0. The van der Waals surface area contributed by atoms with Crippen molar-refractivity contribution < 1.29 is 4.79 Å². The van der Waals surface area contributed by atoms with Gasteiger partial charge >= 0.3 is 0 Å². The van der Waals surface area contributed by atoms with E-state index in [-0.39, 0.29) is 5.78 Å². The number of pyridine rings is 1. The Morgan fingerprint density at radius 3 is 2.88 bits per heavy atom. The van der Waals surface area contributed by atoms with Gasteiger partial charge in [0.1, 0.15) is 0 Å². The van der Waals surface area contributed by atoms with Crippen molar-refractivity contribution in [3.8, 4) is 0 Å². The first-order chi connectivity index (χ1) is 7.75. The van der Waals surface area contributed by atoms with E-state index in [2.05, 4.69) is 15.2 Å². The highest BCUT2D eigenvalue weighted by molar-refractivity contribution is 5.97. The number of aromatic nitrogens is 1. The molecule has 4 nitrogen and oxygen atoms in total. The van der Waals surface area contributed by atoms with Crippen molar-refractivity contribution >= 4 is 5.78 Å². The fraction of sp³-hybridized carbons (Fsp3) is 0.500. The molecule has 0 aliphatic carbocycles. The van der Waals surface area contributed by atoms with Gasteiger partial charge in [-0.25, -0.2) is 0 Å². The molecule has 1 saturated heterocycles. The Bertz CT molecular complexity index is 372. The van der Waals surface area contributed by atoms with Gasteiger partial charge in [0, 0.05) is 44.1 Å². The Morgan fingerprint density at radius 2 is 2.19 bits per heavy atom. The number of Topliss-reactive ketones (excluding diaryl/α,β-unsaturated/α-hetero) is 1. The number of rotatable bonds is 3. The van der Waals surface area contributed by atoms with E-state index in [0.717, 1.165) is 37.3 Å². The van der Waals surface area contributed by atoms with Gasteiger partial charge in [-0.05, 0) is 18.6 Å². The first-order valence-electron chi connectivity index (χ1n) is 5.63. The van der Waals surface area contributed by atoms with E-state index in [1.807, 2.05) is 13.0 Å². The zero-order valence-corrected chi connectivity index (χ0v) is 9.57. The molecule has 0 spiro atoms. The second-order valence-electron chi connectivity index (χ2n) is 4.20. The Hall–Kier alpha value is -1.26. The number of carbonyl (C=O) groups is 1. The minimum absolute atomic E-state index is 0.165. The molecule has 0 bridgehead atoms. The molecule has 1 aromatic heterocycles. The molecule has 2 heterocycles. The lowest BCUT2D eigenvalue weighted by Gasteiger charge is -2.26. The summed E-state index contributed by atoms with van der Waals surface area (Å²) in [5.74, 6) is 0.165. The summed E-state index contributed by atoms with van der Waals surface area (Å²) in [6.07, 6.45) is 3.42. The van der Waals surface area contributed by atoms with Gasteiger partial charge in [-0.1, -0.05) is 0 Å². The summed E-state index contributed by atoms with van der Waals surface area (Å²) in [6.45, 7) is 6.30. The maximum atomic E-state index is 12.0. The van der Waals surface area contributed by atoms with E-state index in [1.165, 1.54) is 0 Å². The second-order valence-corrected chi connectivity index (χ2v) is 4.20. The molecule has 0 radical (unpaired) electrons. The Morgan fingerprint density at radius 1 is 1.44 bits per heavy atom. The fourth-order valence-electron chi connectivity index (χ4n) is 1.87. The SMILES string of the molecule is Cc1cncc(C(=O)CN2CCNCC2)c1. The van der Waals surface area contributed by atoms with Crippen molar-refractivity contribution in [1.82, 2.24) is 15.2 Å². The molecule has 4 heteroatoms. The summed E-state index contributed by atoms with van der Waals surface area (Å²) in [5.41, 5.74) is 1.75. The molecule has 1 fully saturated rings. The number of hydrogen-bond acceptors (Lipinski definition) is 4. The summed E-state index contributed by atoms with van der Waals surface area (Å²) in [6, 6.07) is 1.90. The fourth-order valence-corrected chi connectivity index (χ4v) is 1.87. The Balaban J connectivity index is 1.97. The average Bonchev–Trinajstić information content (AvgIpc) is 2.30. The van der Waals surface area contributed by atoms with Crippen LogP contribution in [-0.4, -0.2) is 48.4 Å². The molecule has 1 aliphatic rings. The molecular formula is C12H17N3O. The minimum Gasteiger partial charge on any atom is -0.314 e. The van der Waals surface area contributed by atoms with Crippen LogP contribution in [-0.2, 0) is 0 Å². The molecule has 16 heavy (non-hydrogen) atoms. The van der Waals surface area contributed by atoms with Gasteiger partial charge < -0.3 is 5.32 Å². The van der Waals surface area contributed by atoms with Crippen LogP contribution in [0.3, 0.4) is 0 Å². The van der Waals surface area contributed by atoms with Gasteiger partial charge in [0.2, 0.25) is 0 Å². The van der Waals surface area contributed by atoms with Crippen molar-refractivity contribution in [2.75, 3.05) is 32.7 Å². The lowest BCUT2D eigenvalue weighted by Crippen LogP contribution is -2.45. The molecule has 1 aromatic rings. The van der Waals surface area contributed by atoms with E-state index >= 15 is 0 Å². The van der Waals surface area contributed by atoms with Crippen LogP contribution >= 0.6 is 0 Å². The molecule has 0 aromatic carbocycles. The lowest BCUT2D eigenvalue weighted by molar-refractivity contribution is 0.0921. The first-order valence-corrected chi connectivity index (χ1v) is 5.63. The summed E-state index contributed by atoms with van der Waals surface area (Å²) < 4.78 is 0. The van der Waals surface area contributed by atoms with Gasteiger partial charge in [-0.2, -0.15) is 0 Å². The van der Waals surface area contributed by atoms with Crippen molar-refractivity contribution in [1.29, 1.82) is 0 Å². The third kappa shape index (κ3) is 2.87. The van der Waals surface area contributed by atoms with E-state index < -0.39 is 0 Å². The predicted molar refractivity (Wildman–Crippen MR) is 62.6 cm³/mol. The molecular weight excluding hydrogens is 202 g/mol. The van der Waals surface area contributed by atoms with Gasteiger partial charge in [0.05, 0.1) is 6.54 Å². The number of hydrogen-bond donors (Lipinski definition) is 1. The molecule has 86 valence electrons.